The van der Waals surface area contributed by atoms with E-state index in [1.54, 1.807) is 24.3 Å². The van der Waals surface area contributed by atoms with Crippen LogP contribution < -0.4 is 5.32 Å². The second kappa shape index (κ2) is 7.73. The Kier molecular flexibility index (Phi) is 5.70. The van der Waals surface area contributed by atoms with E-state index in [2.05, 4.69) is 10.1 Å². The van der Waals surface area contributed by atoms with Crippen molar-refractivity contribution in [3.63, 3.8) is 0 Å². The Morgan fingerprint density at radius 2 is 2.04 bits per heavy atom. The molecule has 23 heavy (non-hydrogen) atoms. The van der Waals surface area contributed by atoms with Gasteiger partial charge in [0.25, 0.3) is 5.91 Å². The second-order valence-corrected chi connectivity index (χ2v) is 5.29. The van der Waals surface area contributed by atoms with Crippen LogP contribution in [0.25, 0.3) is 0 Å². The van der Waals surface area contributed by atoms with E-state index >= 15 is 0 Å². The molecule has 0 saturated carbocycles. The highest BCUT2D eigenvalue weighted by Gasteiger charge is 2.36. The number of nitrogens with zero attached hydrogens (tertiary/aromatic N) is 1. The lowest BCUT2D eigenvalue weighted by Crippen LogP contribution is -2.52. The van der Waals surface area contributed by atoms with Crippen molar-refractivity contribution < 1.29 is 24.2 Å². The summed E-state index contributed by atoms with van der Waals surface area (Å²) in [6.07, 6.45) is 1.22. The molecule has 1 aromatic rings. The quantitative estimate of drug-likeness (QED) is 0.741. The van der Waals surface area contributed by atoms with Crippen molar-refractivity contribution in [3.05, 3.63) is 35.9 Å². The number of rotatable bonds is 5. The van der Waals surface area contributed by atoms with Gasteiger partial charge in [-0.15, -0.1) is 0 Å². The van der Waals surface area contributed by atoms with Crippen molar-refractivity contribution in [2.24, 2.45) is 0 Å². The standard InChI is InChI=1S/C16H20N2O5/c1-23-16(22)12(10-19)17-14(20)13-8-5-9-18(13)15(21)11-6-3-2-4-7-11/h2-4,6-7,12-13,19H,5,8-10H2,1H3,(H,17,20)/t12-,13-/m0/s1. The monoisotopic (exact) mass is 320 g/mol. The van der Waals surface area contributed by atoms with Gasteiger partial charge in [0.15, 0.2) is 6.04 Å². The van der Waals surface area contributed by atoms with E-state index in [9.17, 15) is 19.5 Å². The minimum Gasteiger partial charge on any atom is -0.467 e. The highest BCUT2D eigenvalue weighted by Crippen LogP contribution is 2.20. The van der Waals surface area contributed by atoms with Gasteiger partial charge in [-0.05, 0) is 25.0 Å². The van der Waals surface area contributed by atoms with Gasteiger partial charge < -0.3 is 20.1 Å². The van der Waals surface area contributed by atoms with Crippen LogP contribution in [0.2, 0.25) is 0 Å². The summed E-state index contributed by atoms with van der Waals surface area (Å²) in [5, 5.41) is 11.6. The summed E-state index contributed by atoms with van der Waals surface area (Å²) in [6.45, 7) is -0.0778. The Labute approximate surface area is 134 Å². The number of carbonyl (C=O) groups is 3. The zero-order valence-electron chi connectivity index (χ0n) is 12.9. The number of carbonyl (C=O) groups excluding carboxylic acids is 3. The number of ether oxygens (including phenoxy) is 1. The van der Waals surface area contributed by atoms with Crippen molar-refractivity contribution >= 4 is 17.8 Å². The van der Waals surface area contributed by atoms with E-state index in [4.69, 9.17) is 0 Å². The van der Waals surface area contributed by atoms with Gasteiger partial charge in [-0.2, -0.15) is 0 Å². The van der Waals surface area contributed by atoms with Crippen LogP contribution in [0, 0.1) is 0 Å². The first-order valence-corrected chi connectivity index (χ1v) is 7.43. The maximum absolute atomic E-state index is 12.5. The maximum Gasteiger partial charge on any atom is 0.330 e. The van der Waals surface area contributed by atoms with Crippen LogP contribution in [-0.2, 0) is 14.3 Å². The number of hydrogen-bond acceptors (Lipinski definition) is 5. The third-order valence-corrected chi connectivity index (χ3v) is 3.82. The number of aliphatic hydroxyl groups is 1. The van der Waals surface area contributed by atoms with Gasteiger partial charge in [0, 0.05) is 12.1 Å². The number of likely N-dealkylation sites (tertiary alicyclic amines) is 1. The molecule has 1 aliphatic heterocycles. The topological polar surface area (TPSA) is 95.9 Å². The lowest BCUT2D eigenvalue weighted by Gasteiger charge is -2.25. The van der Waals surface area contributed by atoms with Gasteiger partial charge >= 0.3 is 5.97 Å². The predicted octanol–water partition coefficient (Wildman–Crippen LogP) is -0.0587. The highest BCUT2D eigenvalue weighted by molar-refractivity contribution is 5.98. The van der Waals surface area contributed by atoms with Gasteiger partial charge in [0.2, 0.25) is 5.91 Å². The zero-order chi connectivity index (χ0) is 16.8. The maximum atomic E-state index is 12.5. The molecule has 1 aliphatic rings. The highest BCUT2D eigenvalue weighted by atomic mass is 16.5. The van der Waals surface area contributed by atoms with E-state index in [1.807, 2.05) is 6.07 Å². The van der Waals surface area contributed by atoms with Gasteiger partial charge in [-0.3, -0.25) is 9.59 Å². The Balaban J connectivity index is 2.07. The van der Waals surface area contributed by atoms with E-state index < -0.39 is 30.6 Å². The molecular weight excluding hydrogens is 300 g/mol. The Morgan fingerprint density at radius 1 is 1.35 bits per heavy atom. The molecule has 2 amide bonds. The number of hydrogen-bond donors (Lipinski definition) is 2. The molecule has 0 aliphatic carbocycles. The van der Waals surface area contributed by atoms with Gasteiger partial charge in [-0.1, -0.05) is 18.2 Å². The van der Waals surface area contributed by atoms with E-state index in [0.717, 1.165) is 0 Å². The number of amides is 2. The van der Waals surface area contributed by atoms with Crippen LogP contribution >= 0.6 is 0 Å². The fourth-order valence-electron chi connectivity index (χ4n) is 2.62. The molecule has 1 saturated heterocycles. The molecule has 0 aromatic heterocycles. The van der Waals surface area contributed by atoms with Crippen LogP contribution in [0.5, 0.6) is 0 Å². The third kappa shape index (κ3) is 3.87. The number of esters is 1. The van der Waals surface area contributed by atoms with Crippen molar-refractivity contribution in [1.29, 1.82) is 0 Å². The lowest BCUT2D eigenvalue weighted by molar-refractivity contribution is -0.146. The van der Waals surface area contributed by atoms with E-state index in [-0.39, 0.29) is 5.91 Å². The summed E-state index contributed by atoms with van der Waals surface area (Å²) < 4.78 is 4.52. The van der Waals surface area contributed by atoms with Crippen molar-refractivity contribution in [2.75, 3.05) is 20.3 Å². The lowest BCUT2D eigenvalue weighted by atomic mass is 10.1. The van der Waals surface area contributed by atoms with Crippen molar-refractivity contribution in [3.8, 4) is 0 Å². The third-order valence-electron chi connectivity index (χ3n) is 3.82. The molecule has 1 aromatic carbocycles. The summed E-state index contributed by atoms with van der Waals surface area (Å²) in [5.74, 6) is -1.40. The van der Waals surface area contributed by atoms with Crippen molar-refractivity contribution in [1.82, 2.24) is 10.2 Å². The first-order chi connectivity index (χ1) is 11.1. The second-order valence-electron chi connectivity index (χ2n) is 5.29. The smallest absolute Gasteiger partial charge is 0.330 e. The predicted molar refractivity (Wildman–Crippen MR) is 81.5 cm³/mol. The van der Waals surface area contributed by atoms with Crippen LogP contribution in [0.1, 0.15) is 23.2 Å². The fourth-order valence-corrected chi connectivity index (χ4v) is 2.62. The summed E-state index contributed by atoms with van der Waals surface area (Å²) >= 11 is 0. The van der Waals surface area contributed by atoms with E-state index in [0.29, 0.717) is 24.9 Å². The fraction of sp³-hybridized carbons (Fsp3) is 0.438. The molecule has 0 spiro atoms. The minimum absolute atomic E-state index is 0.220. The molecule has 0 bridgehead atoms. The number of aliphatic hydroxyl groups excluding tert-OH is 1. The van der Waals surface area contributed by atoms with Gasteiger partial charge in [-0.25, -0.2) is 4.79 Å². The minimum atomic E-state index is -1.12. The zero-order valence-corrected chi connectivity index (χ0v) is 12.9. The molecule has 124 valence electrons. The largest absolute Gasteiger partial charge is 0.467 e. The number of benzene rings is 1. The molecule has 0 radical (unpaired) electrons. The normalized spacial score (nSPS) is 18.3. The molecule has 1 heterocycles. The summed E-state index contributed by atoms with van der Waals surface area (Å²) in [6, 6.07) is 6.95. The summed E-state index contributed by atoms with van der Waals surface area (Å²) in [4.78, 5) is 37.8. The Morgan fingerprint density at radius 3 is 2.65 bits per heavy atom. The summed E-state index contributed by atoms with van der Waals surface area (Å²) in [5.41, 5.74) is 0.513. The van der Waals surface area contributed by atoms with Crippen LogP contribution in [0.15, 0.2) is 30.3 Å². The van der Waals surface area contributed by atoms with Gasteiger partial charge in [0.05, 0.1) is 13.7 Å². The molecule has 7 nitrogen and oxygen atoms in total. The van der Waals surface area contributed by atoms with Crippen LogP contribution in [0.4, 0.5) is 0 Å². The van der Waals surface area contributed by atoms with E-state index in [1.165, 1.54) is 12.0 Å². The first-order valence-electron chi connectivity index (χ1n) is 7.43. The Bertz CT molecular complexity index is 575. The molecule has 1 fully saturated rings. The average molecular weight is 320 g/mol. The molecule has 0 unspecified atom stereocenters. The molecule has 2 N–H and O–H groups in total. The van der Waals surface area contributed by atoms with Crippen LogP contribution in [-0.4, -0.2) is 60.1 Å². The average Bonchev–Trinajstić information content (AvgIpc) is 3.08. The molecule has 2 atom stereocenters. The van der Waals surface area contributed by atoms with Crippen molar-refractivity contribution in [2.45, 2.75) is 24.9 Å². The van der Waals surface area contributed by atoms with Gasteiger partial charge in [0.1, 0.15) is 6.04 Å². The van der Waals surface area contributed by atoms with Crippen LogP contribution in [0.3, 0.4) is 0 Å². The first kappa shape index (κ1) is 17.0. The number of nitrogens with one attached hydrogen (secondary N) is 1. The molecule has 2 rings (SSSR count). The Hall–Kier alpha value is -2.41. The summed E-state index contributed by atoms with van der Waals surface area (Å²) in [7, 11) is 1.18. The molecular formula is C16H20N2O5. The number of methoxy groups -OCH3 is 1. The SMILES string of the molecule is COC(=O)[C@H](CO)NC(=O)[C@@H]1CCCN1C(=O)c1ccccc1. The molecule has 7 heteroatoms.